The summed E-state index contributed by atoms with van der Waals surface area (Å²) in [5, 5.41) is 6.60. The monoisotopic (exact) mass is 238 g/mol. The zero-order valence-electron chi connectivity index (χ0n) is 11.2. The van der Waals surface area contributed by atoms with Gasteiger partial charge in [0, 0.05) is 25.0 Å². The smallest absolute Gasteiger partial charge is 0.223 e. The van der Waals surface area contributed by atoms with Crippen molar-refractivity contribution >= 4 is 5.91 Å². The standard InChI is InChI=1S/C14H26N2O/c1-10-3-6-13(11(2)9-10)15-7-8-16-14(17)12-4-5-12/h10-13,15H,3-9H2,1-2H3,(H,16,17). The van der Waals surface area contributed by atoms with E-state index in [0.29, 0.717) is 12.0 Å². The Morgan fingerprint density at radius 3 is 2.53 bits per heavy atom. The van der Waals surface area contributed by atoms with Crippen molar-refractivity contribution in [3.05, 3.63) is 0 Å². The lowest BCUT2D eigenvalue weighted by Crippen LogP contribution is -2.42. The van der Waals surface area contributed by atoms with E-state index in [1.54, 1.807) is 0 Å². The van der Waals surface area contributed by atoms with E-state index in [0.717, 1.165) is 37.8 Å². The molecule has 0 aliphatic heterocycles. The Labute approximate surface area is 105 Å². The Balaban J connectivity index is 1.56. The molecule has 0 heterocycles. The van der Waals surface area contributed by atoms with Gasteiger partial charge in [0.2, 0.25) is 5.91 Å². The lowest BCUT2D eigenvalue weighted by atomic mass is 9.80. The lowest BCUT2D eigenvalue weighted by Gasteiger charge is -2.33. The summed E-state index contributed by atoms with van der Waals surface area (Å²) in [7, 11) is 0. The van der Waals surface area contributed by atoms with Crippen molar-refractivity contribution in [1.82, 2.24) is 10.6 Å². The Hall–Kier alpha value is -0.570. The highest BCUT2D eigenvalue weighted by Gasteiger charge is 2.29. The van der Waals surface area contributed by atoms with E-state index in [9.17, 15) is 4.79 Å². The number of rotatable bonds is 5. The van der Waals surface area contributed by atoms with Gasteiger partial charge in [-0.15, -0.1) is 0 Å². The fourth-order valence-electron chi connectivity index (χ4n) is 2.90. The van der Waals surface area contributed by atoms with E-state index in [-0.39, 0.29) is 5.91 Å². The van der Waals surface area contributed by atoms with Crippen molar-refractivity contribution in [3.63, 3.8) is 0 Å². The molecule has 0 saturated heterocycles. The average Bonchev–Trinajstić information content (AvgIpc) is 3.10. The second-order valence-electron chi connectivity index (χ2n) is 6.02. The van der Waals surface area contributed by atoms with Crippen LogP contribution in [0.25, 0.3) is 0 Å². The minimum absolute atomic E-state index is 0.261. The number of nitrogens with one attached hydrogen (secondary N) is 2. The molecular weight excluding hydrogens is 212 g/mol. The van der Waals surface area contributed by atoms with Crippen LogP contribution in [-0.4, -0.2) is 25.0 Å². The van der Waals surface area contributed by atoms with E-state index >= 15 is 0 Å². The number of amides is 1. The molecule has 2 rings (SSSR count). The first-order chi connectivity index (χ1) is 8.16. The van der Waals surface area contributed by atoms with Gasteiger partial charge < -0.3 is 10.6 Å². The van der Waals surface area contributed by atoms with E-state index in [1.165, 1.54) is 19.3 Å². The van der Waals surface area contributed by atoms with Crippen LogP contribution in [0, 0.1) is 17.8 Å². The van der Waals surface area contributed by atoms with Gasteiger partial charge in [0.25, 0.3) is 0 Å². The first-order valence-corrected chi connectivity index (χ1v) is 7.18. The maximum absolute atomic E-state index is 11.4. The Morgan fingerprint density at radius 2 is 1.88 bits per heavy atom. The highest BCUT2D eigenvalue weighted by atomic mass is 16.2. The van der Waals surface area contributed by atoms with Gasteiger partial charge in [-0.05, 0) is 43.9 Å². The topological polar surface area (TPSA) is 41.1 Å². The zero-order chi connectivity index (χ0) is 12.3. The molecule has 0 aromatic heterocycles. The SMILES string of the molecule is CC1CCC(NCCNC(=O)C2CC2)C(C)C1. The van der Waals surface area contributed by atoms with Crippen molar-refractivity contribution in [1.29, 1.82) is 0 Å². The molecule has 1 amide bonds. The van der Waals surface area contributed by atoms with Gasteiger partial charge in [-0.3, -0.25) is 4.79 Å². The van der Waals surface area contributed by atoms with Crippen LogP contribution in [0.4, 0.5) is 0 Å². The van der Waals surface area contributed by atoms with Gasteiger partial charge in [-0.1, -0.05) is 13.8 Å². The summed E-state index contributed by atoms with van der Waals surface area (Å²) in [4.78, 5) is 11.4. The molecule has 3 nitrogen and oxygen atoms in total. The average molecular weight is 238 g/mol. The molecular formula is C14H26N2O. The minimum atomic E-state index is 0.261. The molecule has 0 aromatic carbocycles. The maximum atomic E-state index is 11.4. The molecule has 2 N–H and O–H groups in total. The molecule has 0 radical (unpaired) electrons. The highest BCUT2D eigenvalue weighted by molar-refractivity contribution is 5.80. The van der Waals surface area contributed by atoms with E-state index in [1.807, 2.05) is 0 Å². The Bertz CT molecular complexity index is 263. The number of hydrogen-bond acceptors (Lipinski definition) is 2. The van der Waals surface area contributed by atoms with Gasteiger partial charge in [-0.2, -0.15) is 0 Å². The highest BCUT2D eigenvalue weighted by Crippen LogP contribution is 2.29. The summed E-state index contributed by atoms with van der Waals surface area (Å²) in [6.45, 7) is 6.40. The van der Waals surface area contributed by atoms with Gasteiger partial charge in [-0.25, -0.2) is 0 Å². The van der Waals surface area contributed by atoms with Gasteiger partial charge >= 0.3 is 0 Å². The number of carbonyl (C=O) groups excluding carboxylic acids is 1. The lowest BCUT2D eigenvalue weighted by molar-refractivity contribution is -0.122. The summed E-state index contributed by atoms with van der Waals surface area (Å²) in [5.41, 5.74) is 0. The molecule has 0 bridgehead atoms. The van der Waals surface area contributed by atoms with Crippen LogP contribution in [0.15, 0.2) is 0 Å². The molecule has 3 heteroatoms. The van der Waals surface area contributed by atoms with Crippen molar-refractivity contribution in [2.45, 2.75) is 52.0 Å². The molecule has 0 spiro atoms. The molecule has 2 saturated carbocycles. The van der Waals surface area contributed by atoms with Gasteiger partial charge in [0.1, 0.15) is 0 Å². The van der Waals surface area contributed by atoms with Crippen molar-refractivity contribution in [3.8, 4) is 0 Å². The third kappa shape index (κ3) is 3.98. The first kappa shape index (κ1) is 12.9. The summed E-state index contributed by atoms with van der Waals surface area (Å²) >= 11 is 0. The van der Waals surface area contributed by atoms with Crippen molar-refractivity contribution in [2.24, 2.45) is 17.8 Å². The summed E-state index contributed by atoms with van der Waals surface area (Å²) in [5.74, 6) is 2.26. The zero-order valence-corrected chi connectivity index (χ0v) is 11.2. The molecule has 17 heavy (non-hydrogen) atoms. The van der Waals surface area contributed by atoms with Crippen LogP contribution in [-0.2, 0) is 4.79 Å². The largest absolute Gasteiger partial charge is 0.355 e. The molecule has 2 fully saturated rings. The Morgan fingerprint density at radius 1 is 1.12 bits per heavy atom. The fourth-order valence-corrected chi connectivity index (χ4v) is 2.90. The quantitative estimate of drug-likeness (QED) is 0.719. The molecule has 0 aromatic rings. The molecule has 3 atom stereocenters. The van der Waals surface area contributed by atoms with Crippen LogP contribution < -0.4 is 10.6 Å². The van der Waals surface area contributed by atoms with E-state index in [4.69, 9.17) is 0 Å². The van der Waals surface area contributed by atoms with Gasteiger partial charge in [0.05, 0.1) is 0 Å². The van der Waals surface area contributed by atoms with Crippen LogP contribution in [0.2, 0.25) is 0 Å². The first-order valence-electron chi connectivity index (χ1n) is 7.18. The van der Waals surface area contributed by atoms with Crippen molar-refractivity contribution in [2.75, 3.05) is 13.1 Å². The van der Waals surface area contributed by atoms with Crippen molar-refractivity contribution < 1.29 is 4.79 Å². The minimum Gasteiger partial charge on any atom is -0.355 e. The normalized spacial score (nSPS) is 33.4. The summed E-state index contributed by atoms with van der Waals surface area (Å²) in [6, 6.07) is 0.657. The number of hydrogen-bond donors (Lipinski definition) is 2. The van der Waals surface area contributed by atoms with Crippen LogP contribution in [0.3, 0.4) is 0 Å². The summed E-state index contributed by atoms with van der Waals surface area (Å²) in [6.07, 6.45) is 6.16. The molecule has 3 unspecified atom stereocenters. The second kappa shape index (κ2) is 5.85. The predicted octanol–water partition coefficient (Wildman–Crippen LogP) is 1.93. The van der Waals surface area contributed by atoms with Crippen LogP contribution >= 0.6 is 0 Å². The second-order valence-corrected chi connectivity index (χ2v) is 6.02. The third-order valence-corrected chi connectivity index (χ3v) is 4.21. The predicted molar refractivity (Wildman–Crippen MR) is 69.7 cm³/mol. The third-order valence-electron chi connectivity index (χ3n) is 4.21. The number of carbonyl (C=O) groups is 1. The fraction of sp³-hybridized carbons (Fsp3) is 0.929. The maximum Gasteiger partial charge on any atom is 0.223 e. The van der Waals surface area contributed by atoms with Crippen LogP contribution in [0.1, 0.15) is 46.0 Å². The molecule has 98 valence electrons. The van der Waals surface area contributed by atoms with E-state index in [2.05, 4.69) is 24.5 Å². The molecule has 2 aliphatic rings. The molecule has 2 aliphatic carbocycles. The Kier molecular flexibility index (Phi) is 4.43. The van der Waals surface area contributed by atoms with Crippen LogP contribution in [0.5, 0.6) is 0 Å². The summed E-state index contributed by atoms with van der Waals surface area (Å²) < 4.78 is 0. The van der Waals surface area contributed by atoms with Gasteiger partial charge in [0.15, 0.2) is 0 Å². The van der Waals surface area contributed by atoms with E-state index < -0.39 is 0 Å².